The Balaban J connectivity index is 2.33. The number of hydrogen-bond donors (Lipinski definition) is 2. The summed E-state index contributed by atoms with van der Waals surface area (Å²) in [5.74, 6) is -1.10. The Morgan fingerprint density at radius 1 is 1.30 bits per heavy atom. The standard InChI is InChI=1S/C13H13N3O4/c1-16-11(9(7-14-16)13(18)19)15-12(17)8-5-3-4-6-10(8)20-2/h3-7H,1-2H3,(H,15,17)(H,18,19). The topological polar surface area (TPSA) is 93.4 Å². The van der Waals surface area contributed by atoms with E-state index in [9.17, 15) is 9.59 Å². The quantitative estimate of drug-likeness (QED) is 0.879. The highest BCUT2D eigenvalue weighted by Gasteiger charge is 2.19. The molecule has 7 nitrogen and oxygen atoms in total. The number of nitrogens with zero attached hydrogens (tertiary/aromatic N) is 2. The Bertz CT molecular complexity index is 663. The third-order valence-electron chi connectivity index (χ3n) is 2.75. The molecule has 104 valence electrons. The van der Waals surface area contributed by atoms with Crippen LogP contribution in [0.4, 0.5) is 5.82 Å². The van der Waals surface area contributed by atoms with Gasteiger partial charge in [0.15, 0.2) is 0 Å². The Morgan fingerprint density at radius 3 is 2.65 bits per heavy atom. The van der Waals surface area contributed by atoms with Crippen LogP contribution < -0.4 is 10.1 Å². The number of carboxylic acids is 1. The number of aromatic nitrogens is 2. The van der Waals surface area contributed by atoms with Crippen molar-refractivity contribution in [2.75, 3.05) is 12.4 Å². The molecule has 1 aromatic carbocycles. The van der Waals surface area contributed by atoms with E-state index in [2.05, 4.69) is 10.4 Å². The third kappa shape index (κ3) is 2.46. The first kappa shape index (κ1) is 13.6. The molecule has 0 unspecified atom stereocenters. The van der Waals surface area contributed by atoms with E-state index in [1.54, 1.807) is 31.3 Å². The van der Waals surface area contributed by atoms with Crippen LogP contribution in [-0.4, -0.2) is 33.9 Å². The molecular weight excluding hydrogens is 262 g/mol. The lowest BCUT2D eigenvalue weighted by Gasteiger charge is -2.09. The van der Waals surface area contributed by atoms with E-state index in [4.69, 9.17) is 9.84 Å². The predicted molar refractivity (Wildman–Crippen MR) is 71.1 cm³/mol. The summed E-state index contributed by atoms with van der Waals surface area (Å²) in [6, 6.07) is 6.67. The molecule has 2 rings (SSSR count). The lowest BCUT2D eigenvalue weighted by molar-refractivity contribution is 0.0698. The number of rotatable bonds is 4. The summed E-state index contributed by atoms with van der Waals surface area (Å²) < 4.78 is 6.38. The summed E-state index contributed by atoms with van der Waals surface area (Å²) in [6.45, 7) is 0. The summed E-state index contributed by atoms with van der Waals surface area (Å²) in [7, 11) is 3.00. The number of nitrogens with one attached hydrogen (secondary N) is 1. The van der Waals surface area contributed by atoms with Crippen molar-refractivity contribution in [2.24, 2.45) is 7.05 Å². The lowest BCUT2D eigenvalue weighted by Crippen LogP contribution is -2.17. The molecule has 0 aliphatic carbocycles. The SMILES string of the molecule is COc1ccccc1C(=O)Nc1c(C(=O)O)cnn1C. The van der Waals surface area contributed by atoms with Gasteiger partial charge in [-0.2, -0.15) is 5.10 Å². The second-order valence-corrected chi connectivity index (χ2v) is 3.99. The number of anilines is 1. The average molecular weight is 275 g/mol. The minimum absolute atomic E-state index is 0.0734. The maximum absolute atomic E-state index is 12.2. The molecule has 0 aliphatic heterocycles. The normalized spacial score (nSPS) is 10.1. The number of para-hydroxylation sites is 1. The summed E-state index contributed by atoms with van der Waals surface area (Å²) in [6.07, 6.45) is 1.18. The highest BCUT2D eigenvalue weighted by atomic mass is 16.5. The molecule has 2 aromatic rings. The van der Waals surface area contributed by atoms with Gasteiger partial charge in [-0.15, -0.1) is 0 Å². The van der Waals surface area contributed by atoms with Crippen molar-refractivity contribution in [3.63, 3.8) is 0 Å². The van der Waals surface area contributed by atoms with Crippen LogP contribution >= 0.6 is 0 Å². The summed E-state index contributed by atoms with van der Waals surface area (Å²) in [5.41, 5.74) is 0.239. The fraction of sp³-hybridized carbons (Fsp3) is 0.154. The van der Waals surface area contributed by atoms with E-state index in [0.29, 0.717) is 11.3 Å². The van der Waals surface area contributed by atoms with Crippen molar-refractivity contribution in [1.82, 2.24) is 9.78 Å². The molecule has 1 aromatic heterocycles. The van der Waals surface area contributed by atoms with Gasteiger partial charge in [0.05, 0.1) is 18.9 Å². The van der Waals surface area contributed by atoms with Crippen molar-refractivity contribution < 1.29 is 19.4 Å². The maximum atomic E-state index is 12.2. The number of methoxy groups -OCH3 is 1. The van der Waals surface area contributed by atoms with Crippen LogP contribution in [0.3, 0.4) is 0 Å². The average Bonchev–Trinajstić information content (AvgIpc) is 2.80. The highest BCUT2D eigenvalue weighted by molar-refractivity contribution is 6.08. The third-order valence-corrected chi connectivity index (χ3v) is 2.75. The van der Waals surface area contributed by atoms with Gasteiger partial charge in [-0.3, -0.25) is 9.48 Å². The molecule has 0 spiro atoms. The van der Waals surface area contributed by atoms with E-state index < -0.39 is 11.9 Å². The van der Waals surface area contributed by atoms with Crippen molar-refractivity contribution >= 4 is 17.7 Å². The maximum Gasteiger partial charge on any atom is 0.341 e. The summed E-state index contributed by atoms with van der Waals surface area (Å²) >= 11 is 0. The van der Waals surface area contributed by atoms with Crippen molar-refractivity contribution in [3.8, 4) is 5.75 Å². The zero-order valence-corrected chi connectivity index (χ0v) is 11.0. The van der Waals surface area contributed by atoms with Crippen LogP contribution in [0.15, 0.2) is 30.5 Å². The first-order valence-electron chi connectivity index (χ1n) is 5.74. The molecule has 0 bridgehead atoms. The van der Waals surface area contributed by atoms with Gasteiger partial charge in [-0.25, -0.2) is 4.79 Å². The smallest absolute Gasteiger partial charge is 0.341 e. The molecule has 20 heavy (non-hydrogen) atoms. The van der Waals surface area contributed by atoms with Crippen LogP contribution in [0, 0.1) is 0 Å². The van der Waals surface area contributed by atoms with Gasteiger partial charge in [0.25, 0.3) is 5.91 Å². The Morgan fingerprint density at radius 2 is 2.00 bits per heavy atom. The number of carboxylic acid groups (broad SMARTS) is 1. The van der Waals surface area contributed by atoms with Crippen molar-refractivity contribution in [1.29, 1.82) is 0 Å². The molecule has 0 radical (unpaired) electrons. The van der Waals surface area contributed by atoms with Crippen LogP contribution in [0.1, 0.15) is 20.7 Å². The second-order valence-electron chi connectivity index (χ2n) is 3.99. The number of carbonyl (C=O) groups is 2. The fourth-order valence-corrected chi connectivity index (χ4v) is 1.75. The van der Waals surface area contributed by atoms with E-state index in [-0.39, 0.29) is 11.4 Å². The Hall–Kier alpha value is -2.83. The van der Waals surface area contributed by atoms with Gasteiger partial charge in [0, 0.05) is 7.05 Å². The number of hydrogen-bond acceptors (Lipinski definition) is 4. The van der Waals surface area contributed by atoms with Crippen molar-refractivity contribution in [3.05, 3.63) is 41.6 Å². The van der Waals surface area contributed by atoms with Crippen LogP contribution in [-0.2, 0) is 7.05 Å². The zero-order chi connectivity index (χ0) is 14.7. The van der Waals surface area contributed by atoms with Gasteiger partial charge in [-0.05, 0) is 12.1 Å². The molecule has 1 amide bonds. The summed E-state index contributed by atoms with van der Waals surface area (Å²) in [4.78, 5) is 23.2. The molecule has 0 saturated carbocycles. The van der Waals surface area contributed by atoms with Gasteiger partial charge >= 0.3 is 5.97 Å². The molecule has 0 aliphatic rings. The minimum Gasteiger partial charge on any atom is -0.496 e. The zero-order valence-electron chi connectivity index (χ0n) is 11.0. The van der Waals surface area contributed by atoms with E-state index in [1.807, 2.05) is 0 Å². The van der Waals surface area contributed by atoms with E-state index in [1.165, 1.54) is 18.0 Å². The molecule has 0 fully saturated rings. The first-order chi connectivity index (χ1) is 9.54. The second kappa shape index (κ2) is 5.43. The number of benzene rings is 1. The van der Waals surface area contributed by atoms with Crippen LogP contribution in [0.2, 0.25) is 0 Å². The van der Waals surface area contributed by atoms with Gasteiger partial charge in [0.1, 0.15) is 17.1 Å². The predicted octanol–water partition coefficient (Wildman–Crippen LogP) is 1.38. The Kier molecular flexibility index (Phi) is 3.69. The summed E-state index contributed by atoms with van der Waals surface area (Å²) in [5, 5.41) is 15.4. The van der Waals surface area contributed by atoms with Gasteiger partial charge < -0.3 is 15.2 Å². The van der Waals surface area contributed by atoms with Crippen LogP contribution in [0.25, 0.3) is 0 Å². The van der Waals surface area contributed by atoms with Crippen LogP contribution in [0.5, 0.6) is 5.75 Å². The molecule has 0 saturated heterocycles. The molecule has 1 heterocycles. The molecule has 7 heteroatoms. The fourth-order valence-electron chi connectivity index (χ4n) is 1.75. The number of aryl methyl sites for hydroxylation is 1. The number of carbonyl (C=O) groups excluding carboxylic acids is 1. The first-order valence-corrected chi connectivity index (χ1v) is 5.74. The number of amides is 1. The highest BCUT2D eigenvalue weighted by Crippen LogP contribution is 2.20. The number of ether oxygens (including phenoxy) is 1. The minimum atomic E-state index is -1.16. The molecular formula is C13H13N3O4. The number of aromatic carboxylic acids is 1. The Labute approximate surface area is 114 Å². The van der Waals surface area contributed by atoms with E-state index >= 15 is 0 Å². The monoisotopic (exact) mass is 275 g/mol. The van der Waals surface area contributed by atoms with Gasteiger partial charge in [0.2, 0.25) is 0 Å². The van der Waals surface area contributed by atoms with Crippen molar-refractivity contribution in [2.45, 2.75) is 0 Å². The largest absolute Gasteiger partial charge is 0.496 e. The lowest BCUT2D eigenvalue weighted by atomic mass is 10.2. The van der Waals surface area contributed by atoms with E-state index in [0.717, 1.165) is 0 Å². The van der Waals surface area contributed by atoms with Gasteiger partial charge in [-0.1, -0.05) is 12.1 Å². The molecule has 2 N–H and O–H groups in total. The molecule has 0 atom stereocenters.